The van der Waals surface area contributed by atoms with Crippen molar-refractivity contribution in [3.05, 3.63) is 29.8 Å². The molecule has 0 spiro atoms. The Morgan fingerprint density at radius 3 is 2.26 bits per heavy atom. The highest BCUT2D eigenvalue weighted by Gasteiger charge is 2.10. The van der Waals surface area contributed by atoms with Crippen LogP contribution < -0.4 is 5.32 Å². The lowest BCUT2D eigenvalue weighted by molar-refractivity contribution is -0.140. The summed E-state index contributed by atoms with van der Waals surface area (Å²) in [4.78, 5) is 22.7. The quantitative estimate of drug-likeness (QED) is 0.790. The molecule has 0 heterocycles. The molecule has 0 aliphatic rings. The fourth-order valence-corrected chi connectivity index (χ4v) is 1.97. The molecule has 1 aromatic rings. The largest absolute Gasteiger partial charge is 0.469 e. The first-order valence-electron chi connectivity index (χ1n) is 5.49. The Bertz CT molecular complexity index is 562. The van der Waals surface area contributed by atoms with Crippen LogP contribution in [0.2, 0.25) is 0 Å². The summed E-state index contributed by atoms with van der Waals surface area (Å²) in [7, 11) is -2.00. The molecule has 19 heavy (non-hydrogen) atoms. The van der Waals surface area contributed by atoms with Gasteiger partial charge in [-0.1, -0.05) is 0 Å². The van der Waals surface area contributed by atoms with Gasteiger partial charge in [0.1, 0.15) is 0 Å². The average molecular weight is 285 g/mol. The Labute approximate surface area is 111 Å². The molecule has 1 N–H and O–H groups in total. The molecule has 0 aliphatic heterocycles. The van der Waals surface area contributed by atoms with E-state index in [0.717, 1.165) is 6.26 Å². The number of benzene rings is 1. The highest BCUT2D eigenvalue weighted by molar-refractivity contribution is 7.90. The highest BCUT2D eigenvalue weighted by atomic mass is 32.2. The number of carbonyl (C=O) groups excluding carboxylic acids is 2. The van der Waals surface area contributed by atoms with Crippen molar-refractivity contribution in [1.29, 1.82) is 0 Å². The Morgan fingerprint density at radius 2 is 1.79 bits per heavy atom. The molecule has 0 radical (unpaired) electrons. The van der Waals surface area contributed by atoms with Gasteiger partial charge in [-0.05, 0) is 24.3 Å². The summed E-state index contributed by atoms with van der Waals surface area (Å²) in [5.74, 6) is -0.781. The molecule has 7 heteroatoms. The summed E-state index contributed by atoms with van der Waals surface area (Å²) in [6.07, 6.45) is 1.18. The fourth-order valence-electron chi connectivity index (χ4n) is 1.34. The lowest BCUT2D eigenvalue weighted by atomic mass is 10.2. The van der Waals surface area contributed by atoms with Crippen molar-refractivity contribution in [3.8, 4) is 0 Å². The molecule has 0 atom stereocenters. The molecule has 104 valence electrons. The van der Waals surface area contributed by atoms with Crippen LogP contribution in [-0.2, 0) is 19.4 Å². The number of carbonyl (C=O) groups is 2. The molecule has 0 bridgehead atoms. The van der Waals surface area contributed by atoms with Crippen molar-refractivity contribution in [1.82, 2.24) is 5.32 Å². The number of sulfone groups is 1. The van der Waals surface area contributed by atoms with Gasteiger partial charge in [0.15, 0.2) is 9.84 Å². The summed E-state index contributed by atoms with van der Waals surface area (Å²) in [5, 5.41) is 2.53. The normalized spacial score (nSPS) is 10.8. The van der Waals surface area contributed by atoms with E-state index >= 15 is 0 Å². The van der Waals surface area contributed by atoms with Crippen LogP contribution in [0.15, 0.2) is 29.2 Å². The number of rotatable bonds is 5. The zero-order valence-electron chi connectivity index (χ0n) is 10.7. The van der Waals surface area contributed by atoms with Gasteiger partial charge >= 0.3 is 5.97 Å². The Balaban J connectivity index is 2.61. The number of hydrogen-bond donors (Lipinski definition) is 1. The first-order chi connectivity index (χ1) is 8.84. The van der Waals surface area contributed by atoms with E-state index in [9.17, 15) is 18.0 Å². The van der Waals surface area contributed by atoms with Gasteiger partial charge in [-0.25, -0.2) is 8.42 Å². The van der Waals surface area contributed by atoms with Crippen molar-refractivity contribution >= 4 is 21.7 Å². The summed E-state index contributed by atoms with van der Waals surface area (Å²) in [5.41, 5.74) is 0.331. The molecular formula is C12H15NO5S. The molecule has 0 fully saturated rings. The van der Waals surface area contributed by atoms with Crippen LogP contribution in [0.25, 0.3) is 0 Å². The van der Waals surface area contributed by atoms with E-state index in [4.69, 9.17) is 0 Å². The topological polar surface area (TPSA) is 89.5 Å². The van der Waals surface area contributed by atoms with Gasteiger partial charge in [-0.15, -0.1) is 0 Å². The predicted octanol–water partition coefficient (Wildman–Crippen LogP) is 0.383. The monoisotopic (exact) mass is 285 g/mol. The Morgan fingerprint density at radius 1 is 1.21 bits per heavy atom. The van der Waals surface area contributed by atoms with Crippen molar-refractivity contribution < 1.29 is 22.7 Å². The Kier molecular flexibility index (Phi) is 5.05. The molecule has 1 rings (SSSR count). The van der Waals surface area contributed by atoms with Crippen molar-refractivity contribution in [2.45, 2.75) is 11.3 Å². The van der Waals surface area contributed by atoms with E-state index in [2.05, 4.69) is 10.1 Å². The first-order valence-corrected chi connectivity index (χ1v) is 7.39. The third kappa shape index (κ3) is 4.70. The third-order valence-corrected chi connectivity index (χ3v) is 3.52. The van der Waals surface area contributed by atoms with Crippen LogP contribution in [0.4, 0.5) is 0 Å². The van der Waals surface area contributed by atoms with Gasteiger partial charge in [0.2, 0.25) is 0 Å². The molecule has 0 aliphatic carbocycles. The van der Waals surface area contributed by atoms with Gasteiger partial charge < -0.3 is 10.1 Å². The van der Waals surface area contributed by atoms with Gasteiger partial charge in [0.25, 0.3) is 5.91 Å². The van der Waals surface area contributed by atoms with Gasteiger partial charge in [-0.2, -0.15) is 0 Å². The molecule has 0 saturated carbocycles. The van der Waals surface area contributed by atoms with E-state index in [1.165, 1.54) is 31.4 Å². The maximum atomic E-state index is 11.7. The van der Waals surface area contributed by atoms with Crippen LogP contribution in [0, 0.1) is 0 Å². The lowest BCUT2D eigenvalue weighted by Crippen LogP contribution is -2.26. The van der Waals surface area contributed by atoms with Crippen molar-refractivity contribution in [2.24, 2.45) is 0 Å². The average Bonchev–Trinajstić information content (AvgIpc) is 2.37. The maximum Gasteiger partial charge on any atom is 0.307 e. The molecule has 0 unspecified atom stereocenters. The minimum Gasteiger partial charge on any atom is -0.469 e. The smallest absolute Gasteiger partial charge is 0.307 e. The number of nitrogens with one attached hydrogen (secondary N) is 1. The number of ether oxygens (including phenoxy) is 1. The van der Waals surface area contributed by atoms with Crippen molar-refractivity contribution in [3.63, 3.8) is 0 Å². The molecule has 1 aromatic carbocycles. The summed E-state index contributed by atoms with van der Waals surface area (Å²) >= 11 is 0. The van der Waals surface area contributed by atoms with E-state index in [1.807, 2.05) is 0 Å². The standard InChI is InChI=1S/C12H15NO5S/c1-18-11(14)7-8-13-12(15)9-3-5-10(6-4-9)19(2,16)17/h3-6H,7-8H2,1-2H3,(H,13,15). The van der Waals surface area contributed by atoms with Gasteiger partial charge in [0, 0.05) is 18.4 Å². The molecule has 0 saturated heterocycles. The predicted molar refractivity (Wildman–Crippen MR) is 68.5 cm³/mol. The van der Waals surface area contributed by atoms with E-state index < -0.39 is 15.8 Å². The minimum absolute atomic E-state index is 0.0870. The second-order valence-electron chi connectivity index (χ2n) is 3.88. The summed E-state index contributed by atoms with van der Waals surface area (Å²) in [6.45, 7) is 0.166. The number of esters is 1. The van der Waals surface area contributed by atoms with E-state index in [1.54, 1.807) is 0 Å². The second kappa shape index (κ2) is 6.33. The van der Waals surface area contributed by atoms with Crippen LogP contribution in [0.1, 0.15) is 16.8 Å². The van der Waals surface area contributed by atoms with E-state index in [-0.39, 0.29) is 23.8 Å². The number of methoxy groups -OCH3 is 1. The minimum atomic E-state index is -3.27. The number of hydrogen-bond acceptors (Lipinski definition) is 5. The van der Waals surface area contributed by atoms with Crippen LogP contribution >= 0.6 is 0 Å². The molecule has 6 nitrogen and oxygen atoms in total. The Hall–Kier alpha value is -1.89. The van der Waals surface area contributed by atoms with Crippen LogP contribution in [-0.4, -0.2) is 40.2 Å². The third-order valence-electron chi connectivity index (χ3n) is 2.39. The fraction of sp³-hybridized carbons (Fsp3) is 0.333. The van der Waals surface area contributed by atoms with E-state index in [0.29, 0.717) is 5.56 Å². The zero-order chi connectivity index (χ0) is 14.5. The van der Waals surface area contributed by atoms with Crippen LogP contribution in [0.3, 0.4) is 0 Å². The SMILES string of the molecule is COC(=O)CCNC(=O)c1ccc(S(C)(=O)=O)cc1. The molecule has 1 amide bonds. The lowest BCUT2D eigenvalue weighted by Gasteiger charge is -2.05. The number of amides is 1. The molecular weight excluding hydrogens is 270 g/mol. The van der Waals surface area contributed by atoms with Gasteiger partial charge in [0.05, 0.1) is 18.4 Å². The first kappa shape index (κ1) is 15.2. The highest BCUT2D eigenvalue weighted by Crippen LogP contribution is 2.10. The second-order valence-corrected chi connectivity index (χ2v) is 5.89. The summed E-state index contributed by atoms with van der Waals surface area (Å²) in [6, 6.07) is 5.57. The van der Waals surface area contributed by atoms with Gasteiger partial charge in [-0.3, -0.25) is 9.59 Å². The van der Waals surface area contributed by atoms with Crippen molar-refractivity contribution in [2.75, 3.05) is 19.9 Å². The molecule has 0 aromatic heterocycles. The zero-order valence-corrected chi connectivity index (χ0v) is 11.5. The summed E-state index contributed by atoms with van der Waals surface area (Å²) < 4.78 is 26.9. The van der Waals surface area contributed by atoms with Crippen LogP contribution in [0.5, 0.6) is 0 Å². The maximum absolute atomic E-state index is 11.7.